The summed E-state index contributed by atoms with van der Waals surface area (Å²) in [4.78, 5) is 12.1. The summed E-state index contributed by atoms with van der Waals surface area (Å²) in [6.07, 6.45) is -5.78. The van der Waals surface area contributed by atoms with Crippen molar-refractivity contribution >= 4 is 17.3 Å². The minimum absolute atomic E-state index is 0.124. The maximum atomic E-state index is 12.3. The summed E-state index contributed by atoms with van der Waals surface area (Å²) in [5.41, 5.74) is 0.681. The van der Waals surface area contributed by atoms with Crippen molar-refractivity contribution in [2.45, 2.75) is 12.3 Å². The van der Waals surface area contributed by atoms with Crippen molar-refractivity contribution in [3.8, 4) is 0 Å². The van der Waals surface area contributed by atoms with Gasteiger partial charge in [0.05, 0.1) is 11.4 Å². The lowest BCUT2D eigenvalue weighted by Crippen LogP contribution is -2.24. The molecule has 0 saturated heterocycles. The highest BCUT2D eigenvalue weighted by Gasteiger charge is 2.27. The molecule has 0 aliphatic heterocycles. The fourth-order valence-corrected chi connectivity index (χ4v) is 1.93. The molecular formula is C16H15F3N2O2. The van der Waals surface area contributed by atoms with E-state index in [4.69, 9.17) is 0 Å². The first-order valence-corrected chi connectivity index (χ1v) is 6.80. The molecule has 4 nitrogen and oxygen atoms in total. The van der Waals surface area contributed by atoms with Gasteiger partial charge in [0.1, 0.15) is 6.54 Å². The summed E-state index contributed by atoms with van der Waals surface area (Å²) < 4.78 is 36.9. The van der Waals surface area contributed by atoms with Crippen LogP contribution in [-0.4, -0.2) is 23.7 Å². The van der Waals surface area contributed by atoms with Crippen molar-refractivity contribution in [1.82, 2.24) is 0 Å². The number of anilines is 2. The van der Waals surface area contributed by atoms with Crippen LogP contribution in [0, 0.1) is 0 Å². The van der Waals surface area contributed by atoms with Crippen LogP contribution in [0.3, 0.4) is 0 Å². The maximum Gasteiger partial charge on any atom is 0.405 e. The second kappa shape index (κ2) is 7.15. The number of amides is 1. The Morgan fingerprint density at radius 2 is 1.57 bits per heavy atom. The SMILES string of the molecule is O=C(Nc1ccccc1NCC(F)(F)F)C(O)c1ccccc1. The summed E-state index contributed by atoms with van der Waals surface area (Å²) in [6.45, 7) is -1.22. The van der Waals surface area contributed by atoms with Crippen molar-refractivity contribution in [2.24, 2.45) is 0 Å². The molecular weight excluding hydrogens is 309 g/mol. The van der Waals surface area contributed by atoms with Crippen LogP contribution >= 0.6 is 0 Å². The van der Waals surface area contributed by atoms with E-state index in [1.807, 2.05) is 0 Å². The lowest BCUT2D eigenvalue weighted by Gasteiger charge is -2.16. The predicted molar refractivity (Wildman–Crippen MR) is 81.0 cm³/mol. The number of benzene rings is 2. The fraction of sp³-hybridized carbons (Fsp3) is 0.188. The van der Waals surface area contributed by atoms with Crippen LogP contribution in [0.1, 0.15) is 11.7 Å². The zero-order valence-corrected chi connectivity index (χ0v) is 12.0. The molecule has 122 valence electrons. The monoisotopic (exact) mass is 324 g/mol. The van der Waals surface area contributed by atoms with E-state index in [9.17, 15) is 23.1 Å². The predicted octanol–water partition coefficient (Wildman–Crippen LogP) is 3.33. The number of aliphatic hydroxyl groups is 1. The molecule has 0 spiro atoms. The van der Waals surface area contributed by atoms with Crippen LogP contribution in [0.4, 0.5) is 24.5 Å². The molecule has 2 aromatic carbocycles. The number of halogens is 3. The number of aliphatic hydroxyl groups excluding tert-OH is 1. The third kappa shape index (κ3) is 5.00. The number of alkyl halides is 3. The molecule has 2 rings (SSSR count). The number of hydrogen-bond acceptors (Lipinski definition) is 3. The smallest absolute Gasteiger partial charge is 0.378 e. The van der Waals surface area contributed by atoms with Crippen LogP contribution < -0.4 is 10.6 Å². The molecule has 3 N–H and O–H groups in total. The number of carbonyl (C=O) groups excluding carboxylic acids is 1. The molecule has 0 aliphatic rings. The molecule has 23 heavy (non-hydrogen) atoms. The molecule has 0 aliphatic carbocycles. The quantitative estimate of drug-likeness (QED) is 0.790. The number of para-hydroxylation sites is 2. The standard InChI is InChI=1S/C16H15F3N2O2/c17-16(18,19)10-20-12-8-4-5-9-13(12)21-15(23)14(22)11-6-2-1-3-7-11/h1-9,14,20,22H,10H2,(H,21,23). The molecule has 0 fully saturated rings. The Morgan fingerprint density at radius 1 is 1.00 bits per heavy atom. The van der Waals surface area contributed by atoms with E-state index in [0.29, 0.717) is 5.56 Å². The van der Waals surface area contributed by atoms with Crippen LogP contribution in [0.5, 0.6) is 0 Å². The molecule has 7 heteroatoms. The van der Waals surface area contributed by atoms with Crippen LogP contribution in [0.25, 0.3) is 0 Å². The van der Waals surface area contributed by atoms with E-state index < -0.39 is 24.7 Å². The van der Waals surface area contributed by atoms with Crippen LogP contribution in [0.2, 0.25) is 0 Å². The first kappa shape index (κ1) is 16.8. The average Bonchev–Trinajstić information content (AvgIpc) is 2.53. The minimum Gasteiger partial charge on any atom is -0.378 e. The number of carbonyl (C=O) groups is 1. The molecule has 0 saturated carbocycles. The van der Waals surface area contributed by atoms with E-state index in [1.54, 1.807) is 42.5 Å². The van der Waals surface area contributed by atoms with Gasteiger partial charge in [-0.05, 0) is 17.7 Å². The van der Waals surface area contributed by atoms with Gasteiger partial charge < -0.3 is 15.7 Å². The molecule has 0 heterocycles. The molecule has 1 amide bonds. The maximum absolute atomic E-state index is 12.3. The Hall–Kier alpha value is -2.54. The highest BCUT2D eigenvalue weighted by molar-refractivity contribution is 5.97. The third-order valence-corrected chi connectivity index (χ3v) is 3.03. The van der Waals surface area contributed by atoms with Crippen molar-refractivity contribution < 1.29 is 23.1 Å². The van der Waals surface area contributed by atoms with Gasteiger partial charge in [-0.2, -0.15) is 13.2 Å². The first-order chi connectivity index (χ1) is 10.9. The Labute approximate surface area is 131 Å². The normalized spacial score (nSPS) is 12.5. The fourth-order valence-electron chi connectivity index (χ4n) is 1.93. The van der Waals surface area contributed by atoms with Gasteiger partial charge in [-0.25, -0.2) is 0 Å². The van der Waals surface area contributed by atoms with Crippen molar-refractivity contribution in [3.05, 3.63) is 60.2 Å². The molecule has 2 aromatic rings. The van der Waals surface area contributed by atoms with Crippen LogP contribution in [0.15, 0.2) is 54.6 Å². The van der Waals surface area contributed by atoms with Gasteiger partial charge in [-0.3, -0.25) is 4.79 Å². The zero-order valence-electron chi connectivity index (χ0n) is 12.0. The van der Waals surface area contributed by atoms with Gasteiger partial charge in [0.2, 0.25) is 0 Å². The zero-order chi connectivity index (χ0) is 16.9. The molecule has 0 radical (unpaired) electrons. The Kier molecular flexibility index (Phi) is 5.23. The number of nitrogens with one attached hydrogen (secondary N) is 2. The van der Waals surface area contributed by atoms with Crippen LogP contribution in [-0.2, 0) is 4.79 Å². The molecule has 0 bridgehead atoms. The minimum atomic E-state index is -4.37. The van der Waals surface area contributed by atoms with E-state index >= 15 is 0 Å². The molecule has 1 unspecified atom stereocenters. The highest BCUT2D eigenvalue weighted by atomic mass is 19.4. The van der Waals surface area contributed by atoms with Crippen molar-refractivity contribution in [2.75, 3.05) is 17.2 Å². The molecule has 1 atom stereocenters. The Bertz CT molecular complexity index is 660. The van der Waals surface area contributed by atoms with Gasteiger partial charge >= 0.3 is 6.18 Å². The van der Waals surface area contributed by atoms with Crippen molar-refractivity contribution in [3.63, 3.8) is 0 Å². The van der Waals surface area contributed by atoms with E-state index in [2.05, 4.69) is 10.6 Å². The second-order valence-electron chi connectivity index (χ2n) is 4.82. The topological polar surface area (TPSA) is 61.4 Å². The highest BCUT2D eigenvalue weighted by Crippen LogP contribution is 2.25. The summed E-state index contributed by atoms with van der Waals surface area (Å²) in [5.74, 6) is -0.725. The lowest BCUT2D eigenvalue weighted by atomic mass is 10.1. The van der Waals surface area contributed by atoms with E-state index in [-0.39, 0.29) is 11.4 Å². The summed E-state index contributed by atoms with van der Waals surface area (Å²) in [5, 5.41) is 14.6. The average molecular weight is 324 g/mol. The van der Waals surface area contributed by atoms with Gasteiger partial charge in [-0.15, -0.1) is 0 Å². The Morgan fingerprint density at radius 3 is 2.17 bits per heavy atom. The third-order valence-electron chi connectivity index (χ3n) is 3.03. The molecule has 0 aromatic heterocycles. The number of rotatable bonds is 5. The largest absolute Gasteiger partial charge is 0.405 e. The lowest BCUT2D eigenvalue weighted by molar-refractivity contribution is -0.124. The van der Waals surface area contributed by atoms with Gasteiger partial charge in [0.25, 0.3) is 5.91 Å². The van der Waals surface area contributed by atoms with Crippen molar-refractivity contribution in [1.29, 1.82) is 0 Å². The van der Waals surface area contributed by atoms with E-state index in [0.717, 1.165) is 0 Å². The second-order valence-corrected chi connectivity index (χ2v) is 4.82. The first-order valence-electron chi connectivity index (χ1n) is 6.80. The van der Waals surface area contributed by atoms with E-state index in [1.165, 1.54) is 12.1 Å². The summed E-state index contributed by atoms with van der Waals surface area (Å²) in [6, 6.07) is 14.2. The van der Waals surface area contributed by atoms with Gasteiger partial charge in [0, 0.05) is 0 Å². The number of hydrogen-bond donors (Lipinski definition) is 3. The van der Waals surface area contributed by atoms with Gasteiger partial charge in [-0.1, -0.05) is 42.5 Å². The summed E-state index contributed by atoms with van der Waals surface area (Å²) in [7, 11) is 0. The summed E-state index contributed by atoms with van der Waals surface area (Å²) >= 11 is 0. The van der Waals surface area contributed by atoms with Gasteiger partial charge in [0.15, 0.2) is 6.10 Å². The Balaban J connectivity index is 2.09.